The second kappa shape index (κ2) is 7.80. The number of carbonyl (C=O) groups excluding carboxylic acids is 1. The number of rotatable bonds is 6. The van der Waals surface area contributed by atoms with E-state index in [0.29, 0.717) is 21.2 Å². The maximum Gasteiger partial charge on any atom is 0.259 e. The number of hydrogen-bond donors (Lipinski definition) is 2. The van der Waals surface area contributed by atoms with Crippen molar-refractivity contribution in [3.05, 3.63) is 62.2 Å². The molecule has 0 spiro atoms. The predicted molar refractivity (Wildman–Crippen MR) is 107 cm³/mol. The third-order valence-corrected chi connectivity index (χ3v) is 5.98. The van der Waals surface area contributed by atoms with Crippen molar-refractivity contribution in [1.82, 2.24) is 9.78 Å². The largest absolute Gasteiger partial charge is 0.365 e. The Morgan fingerprint density at radius 2 is 2.19 bits per heavy atom. The van der Waals surface area contributed by atoms with E-state index in [1.165, 1.54) is 12.1 Å². The number of amides is 1. The lowest BCUT2D eigenvalue weighted by Crippen LogP contribution is -2.20. The average Bonchev–Trinajstić information content (AvgIpc) is 3.12. The van der Waals surface area contributed by atoms with Gasteiger partial charge in [-0.3, -0.25) is 9.48 Å². The van der Waals surface area contributed by atoms with E-state index in [0.717, 1.165) is 33.7 Å². The van der Waals surface area contributed by atoms with Gasteiger partial charge in [0.05, 0.1) is 16.8 Å². The highest BCUT2D eigenvalue weighted by atomic mass is 35.5. The van der Waals surface area contributed by atoms with Crippen LogP contribution >= 0.6 is 22.9 Å². The van der Waals surface area contributed by atoms with Gasteiger partial charge in [0.15, 0.2) is 0 Å². The molecule has 0 aliphatic carbocycles. The molecule has 1 amide bonds. The molecule has 5 nitrogen and oxygen atoms in total. The molecule has 0 saturated heterocycles. The highest BCUT2D eigenvalue weighted by Gasteiger charge is 2.29. The van der Waals surface area contributed by atoms with Crippen LogP contribution in [0.1, 0.15) is 32.3 Å². The molecular weight excluding hydrogens is 387 g/mol. The van der Waals surface area contributed by atoms with Crippen molar-refractivity contribution in [2.24, 2.45) is 18.5 Å². The number of primary amides is 1. The van der Waals surface area contributed by atoms with Crippen molar-refractivity contribution < 1.29 is 9.18 Å². The zero-order valence-electron chi connectivity index (χ0n) is 15.0. The summed E-state index contributed by atoms with van der Waals surface area (Å²) in [7, 11) is 1.81. The van der Waals surface area contributed by atoms with Gasteiger partial charge >= 0.3 is 0 Å². The summed E-state index contributed by atoms with van der Waals surface area (Å²) in [5, 5.41) is 4.28. The molecule has 8 heteroatoms. The van der Waals surface area contributed by atoms with Crippen LogP contribution in [0.3, 0.4) is 0 Å². The lowest BCUT2D eigenvalue weighted by molar-refractivity contribution is 0.100. The van der Waals surface area contributed by atoms with Crippen molar-refractivity contribution in [2.45, 2.75) is 19.3 Å². The number of thiophene rings is 1. The van der Waals surface area contributed by atoms with Gasteiger partial charge in [-0.15, -0.1) is 11.3 Å². The molecule has 2 heterocycles. The number of hydrogen-bond acceptors (Lipinski definition) is 4. The van der Waals surface area contributed by atoms with E-state index in [1.54, 1.807) is 16.9 Å². The average molecular weight is 407 g/mol. The van der Waals surface area contributed by atoms with E-state index < -0.39 is 5.91 Å². The third-order valence-electron chi connectivity index (χ3n) is 4.55. The molecule has 1 aromatic carbocycles. The fraction of sp³-hybridized carbons (Fsp3) is 0.263. The summed E-state index contributed by atoms with van der Waals surface area (Å²) in [5.41, 5.74) is 15.6. The first kappa shape index (κ1) is 19.5. The third kappa shape index (κ3) is 3.76. The van der Waals surface area contributed by atoms with E-state index in [2.05, 4.69) is 5.10 Å². The molecule has 0 unspecified atom stereocenters. The van der Waals surface area contributed by atoms with Gasteiger partial charge < -0.3 is 11.5 Å². The number of aryl methyl sites for hydroxylation is 2. The standard InChI is InChI=1S/C19H20ClFN4OS/c1-10-9-24-25(2)16(10)15-14(17(19(23)26)27-18(15)20)12(8-22)6-11-4-3-5-13(21)7-11/h3-5,7,9,12H,6,8,22H2,1-2H3,(H2,23,26)/t12-/m1/s1. The Labute approximate surface area is 165 Å². The van der Waals surface area contributed by atoms with Crippen LogP contribution in [0, 0.1) is 12.7 Å². The van der Waals surface area contributed by atoms with Gasteiger partial charge in [-0.1, -0.05) is 23.7 Å². The summed E-state index contributed by atoms with van der Waals surface area (Å²) in [6.07, 6.45) is 2.20. The fourth-order valence-electron chi connectivity index (χ4n) is 3.37. The molecule has 0 radical (unpaired) electrons. The summed E-state index contributed by atoms with van der Waals surface area (Å²) in [5.74, 6) is -1.12. The Morgan fingerprint density at radius 3 is 2.74 bits per heavy atom. The molecule has 142 valence electrons. The van der Waals surface area contributed by atoms with Crippen LogP contribution < -0.4 is 11.5 Å². The smallest absolute Gasteiger partial charge is 0.259 e. The molecule has 0 saturated carbocycles. The Morgan fingerprint density at radius 1 is 1.44 bits per heavy atom. The Hall–Kier alpha value is -2.22. The molecule has 0 aliphatic rings. The number of aromatic nitrogens is 2. The van der Waals surface area contributed by atoms with Crippen LogP contribution in [0.15, 0.2) is 30.5 Å². The highest BCUT2D eigenvalue weighted by molar-refractivity contribution is 7.18. The number of halogens is 2. The van der Waals surface area contributed by atoms with Gasteiger partial charge in [0.1, 0.15) is 10.2 Å². The number of nitrogens with zero attached hydrogens (tertiary/aromatic N) is 2. The van der Waals surface area contributed by atoms with Gasteiger partial charge in [0.25, 0.3) is 5.91 Å². The van der Waals surface area contributed by atoms with E-state index in [-0.39, 0.29) is 18.3 Å². The molecular formula is C19H20ClFN4OS. The molecule has 3 rings (SSSR count). The molecule has 1 atom stereocenters. The minimum Gasteiger partial charge on any atom is -0.365 e. The van der Waals surface area contributed by atoms with Crippen LogP contribution in [-0.2, 0) is 13.5 Å². The van der Waals surface area contributed by atoms with Gasteiger partial charge in [0, 0.05) is 18.5 Å². The fourth-order valence-corrected chi connectivity index (χ4v) is 4.76. The Kier molecular flexibility index (Phi) is 5.64. The summed E-state index contributed by atoms with van der Waals surface area (Å²) in [6.45, 7) is 2.18. The normalized spacial score (nSPS) is 12.3. The maximum absolute atomic E-state index is 13.6. The molecule has 27 heavy (non-hydrogen) atoms. The highest BCUT2D eigenvalue weighted by Crippen LogP contribution is 2.45. The number of nitrogens with two attached hydrogens (primary N) is 2. The second-order valence-corrected chi connectivity index (χ2v) is 8.05. The summed E-state index contributed by atoms with van der Waals surface area (Å²) >= 11 is 7.67. The summed E-state index contributed by atoms with van der Waals surface area (Å²) in [6, 6.07) is 6.34. The topological polar surface area (TPSA) is 86.9 Å². The van der Waals surface area contributed by atoms with Gasteiger partial charge in [-0.05, 0) is 48.7 Å². The molecule has 4 N–H and O–H groups in total. The Balaban J connectivity index is 2.18. The van der Waals surface area contributed by atoms with Crippen molar-refractivity contribution >= 4 is 28.8 Å². The van der Waals surface area contributed by atoms with Crippen LogP contribution in [0.2, 0.25) is 4.34 Å². The second-order valence-electron chi connectivity index (χ2n) is 6.42. The van der Waals surface area contributed by atoms with Crippen LogP contribution in [-0.4, -0.2) is 22.2 Å². The molecule has 0 bridgehead atoms. The minimum atomic E-state index is -0.555. The van der Waals surface area contributed by atoms with Crippen molar-refractivity contribution in [1.29, 1.82) is 0 Å². The lowest BCUT2D eigenvalue weighted by atomic mass is 9.88. The van der Waals surface area contributed by atoms with Gasteiger partial charge in [0.2, 0.25) is 0 Å². The van der Waals surface area contributed by atoms with E-state index in [9.17, 15) is 9.18 Å². The van der Waals surface area contributed by atoms with Crippen molar-refractivity contribution in [2.75, 3.05) is 6.54 Å². The lowest BCUT2D eigenvalue weighted by Gasteiger charge is -2.19. The van der Waals surface area contributed by atoms with Crippen LogP contribution in [0.5, 0.6) is 0 Å². The molecule has 3 aromatic rings. The molecule has 0 fully saturated rings. The van der Waals surface area contributed by atoms with Crippen LogP contribution in [0.25, 0.3) is 11.3 Å². The molecule has 2 aromatic heterocycles. The SMILES string of the molecule is Cc1cnn(C)c1-c1c(Cl)sc(C(N)=O)c1[C@@H](CN)Cc1cccc(F)c1. The van der Waals surface area contributed by atoms with E-state index in [4.69, 9.17) is 23.1 Å². The quantitative estimate of drug-likeness (QED) is 0.655. The zero-order chi connectivity index (χ0) is 19.7. The Bertz CT molecular complexity index is 978. The number of carbonyl (C=O) groups is 1. The van der Waals surface area contributed by atoms with Gasteiger partial charge in [-0.2, -0.15) is 5.10 Å². The van der Waals surface area contributed by atoms with Crippen LogP contribution in [0.4, 0.5) is 4.39 Å². The summed E-state index contributed by atoms with van der Waals surface area (Å²) < 4.78 is 15.8. The zero-order valence-corrected chi connectivity index (χ0v) is 16.6. The summed E-state index contributed by atoms with van der Waals surface area (Å²) in [4.78, 5) is 12.5. The maximum atomic E-state index is 13.6. The first-order chi connectivity index (χ1) is 12.8. The molecule has 0 aliphatic heterocycles. The minimum absolute atomic E-state index is 0.248. The van der Waals surface area contributed by atoms with Crippen molar-refractivity contribution in [3.8, 4) is 11.3 Å². The number of benzene rings is 1. The first-order valence-electron chi connectivity index (χ1n) is 8.39. The van der Waals surface area contributed by atoms with E-state index in [1.807, 2.05) is 20.0 Å². The predicted octanol–water partition coefficient (Wildman–Crippen LogP) is 3.63. The van der Waals surface area contributed by atoms with E-state index >= 15 is 0 Å². The monoisotopic (exact) mass is 406 g/mol. The first-order valence-corrected chi connectivity index (χ1v) is 9.58. The van der Waals surface area contributed by atoms with Crippen molar-refractivity contribution in [3.63, 3.8) is 0 Å². The van der Waals surface area contributed by atoms with Gasteiger partial charge in [-0.25, -0.2) is 4.39 Å².